The van der Waals surface area contributed by atoms with Crippen molar-refractivity contribution >= 4 is 11.9 Å². The molecule has 0 unspecified atom stereocenters. The summed E-state index contributed by atoms with van der Waals surface area (Å²) in [4.78, 5) is 24.0. The Morgan fingerprint density at radius 2 is 1.48 bits per heavy atom. The smallest absolute Gasteiger partial charge is 0.307 e. The number of nitriles is 1. The van der Waals surface area contributed by atoms with Gasteiger partial charge in [-0.25, -0.2) is 0 Å². The molecule has 0 bridgehead atoms. The molecular formula is C18H23NO4. The van der Waals surface area contributed by atoms with Crippen LogP contribution in [0.5, 0.6) is 0 Å². The summed E-state index contributed by atoms with van der Waals surface area (Å²) in [6.45, 7) is 4.39. The molecule has 0 saturated carbocycles. The SMILES string of the molecule is CCCOC(=O)CC(C#N)(CC(=O)OCCC)c1ccccc1. The normalized spacial score (nSPS) is 10.7. The van der Waals surface area contributed by atoms with Crippen LogP contribution in [0.25, 0.3) is 0 Å². The monoisotopic (exact) mass is 317 g/mol. The van der Waals surface area contributed by atoms with Gasteiger partial charge in [-0.05, 0) is 18.4 Å². The molecule has 0 atom stereocenters. The van der Waals surface area contributed by atoms with Crippen molar-refractivity contribution in [2.24, 2.45) is 0 Å². The average Bonchev–Trinajstić information content (AvgIpc) is 2.58. The van der Waals surface area contributed by atoms with Crippen molar-refractivity contribution in [1.82, 2.24) is 0 Å². The molecule has 0 aliphatic heterocycles. The Morgan fingerprint density at radius 3 is 1.87 bits per heavy atom. The summed E-state index contributed by atoms with van der Waals surface area (Å²) < 4.78 is 10.2. The summed E-state index contributed by atoms with van der Waals surface area (Å²) in [5.41, 5.74) is -0.652. The zero-order chi connectivity index (χ0) is 17.1. The molecule has 0 amide bonds. The predicted molar refractivity (Wildman–Crippen MR) is 85.5 cm³/mol. The fourth-order valence-electron chi connectivity index (χ4n) is 2.19. The minimum absolute atomic E-state index is 0.172. The molecule has 0 N–H and O–H groups in total. The zero-order valence-electron chi connectivity index (χ0n) is 13.7. The Labute approximate surface area is 137 Å². The van der Waals surface area contributed by atoms with Crippen LogP contribution in [0, 0.1) is 11.3 Å². The van der Waals surface area contributed by atoms with Crippen molar-refractivity contribution < 1.29 is 19.1 Å². The highest BCUT2D eigenvalue weighted by molar-refractivity contribution is 5.77. The van der Waals surface area contributed by atoms with Gasteiger partial charge in [-0.2, -0.15) is 5.26 Å². The van der Waals surface area contributed by atoms with E-state index in [4.69, 9.17) is 9.47 Å². The lowest BCUT2D eigenvalue weighted by molar-refractivity contribution is -0.147. The van der Waals surface area contributed by atoms with Crippen LogP contribution < -0.4 is 0 Å². The van der Waals surface area contributed by atoms with E-state index < -0.39 is 17.4 Å². The highest BCUT2D eigenvalue weighted by Crippen LogP contribution is 2.32. The van der Waals surface area contributed by atoms with Gasteiger partial charge >= 0.3 is 11.9 Å². The minimum atomic E-state index is -1.27. The van der Waals surface area contributed by atoms with Gasteiger partial charge in [-0.3, -0.25) is 9.59 Å². The molecule has 0 radical (unpaired) electrons. The highest BCUT2D eigenvalue weighted by atomic mass is 16.5. The molecule has 0 saturated heterocycles. The molecule has 5 nitrogen and oxygen atoms in total. The second-order valence-electron chi connectivity index (χ2n) is 5.35. The lowest BCUT2D eigenvalue weighted by Crippen LogP contribution is -2.32. The molecule has 1 rings (SSSR count). The molecular weight excluding hydrogens is 294 g/mol. The third-order valence-electron chi connectivity index (χ3n) is 3.37. The van der Waals surface area contributed by atoms with Gasteiger partial charge in [0.2, 0.25) is 0 Å². The third kappa shape index (κ3) is 5.74. The fraction of sp³-hybridized carbons (Fsp3) is 0.500. The Morgan fingerprint density at radius 1 is 1.00 bits per heavy atom. The number of hydrogen-bond donors (Lipinski definition) is 0. The van der Waals surface area contributed by atoms with Gasteiger partial charge in [-0.15, -0.1) is 0 Å². The topological polar surface area (TPSA) is 76.4 Å². The van der Waals surface area contributed by atoms with Crippen molar-refractivity contribution in [3.8, 4) is 6.07 Å². The van der Waals surface area contributed by atoms with Gasteiger partial charge in [0.25, 0.3) is 0 Å². The third-order valence-corrected chi connectivity index (χ3v) is 3.37. The molecule has 5 heteroatoms. The molecule has 0 aliphatic rings. The Balaban J connectivity index is 3.01. The molecule has 0 spiro atoms. The van der Waals surface area contributed by atoms with E-state index in [-0.39, 0.29) is 12.8 Å². The first-order valence-corrected chi connectivity index (χ1v) is 7.86. The van der Waals surface area contributed by atoms with E-state index in [2.05, 4.69) is 6.07 Å². The maximum Gasteiger partial charge on any atom is 0.307 e. The molecule has 1 aromatic carbocycles. The van der Waals surface area contributed by atoms with Crippen molar-refractivity contribution in [1.29, 1.82) is 5.26 Å². The second-order valence-corrected chi connectivity index (χ2v) is 5.35. The number of ether oxygens (including phenoxy) is 2. The fourth-order valence-corrected chi connectivity index (χ4v) is 2.19. The summed E-state index contributed by atoms with van der Waals surface area (Å²) in [6, 6.07) is 11.0. The van der Waals surface area contributed by atoms with E-state index >= 15 is 0 Å². The standard InChI is InChI=1S/C18H23NO4/c1-3-10-22-16(20)12-18(14-19,13-17(21)23-11-4-2)15-8-6-5-7-9-15/h5-9H,3-4,10-13H2,1-2H3. The molecule has 1 aromatic rings. The average molecular weight is 317 g/mol. The Kier molecular flexibility index (Phi) is 7.82. The first kappa shape index (κ1) is 18.7. The molecule has 0 heterocycles. The van der Waals surface area contributed by atoms with Crippen LogP contribution in [0.15, 0.2) is 30.3 Å². The van der Waals surface area contributed by atoms with Gasteiger partial charge in [-0.1, -0.05) is 44.2 Å². The quantitative estimate of drug-likeness (QED) is 0.654. The Hall–Kier alpha value is -2.35. The van der Waals surface area contributed by atoms with E-state index in [1.54, 1.807) is 24.3 Å². The second kappa shape index (κ2) is 9.62. The number of nitrogens with zero attached hydrogens (tertiary/aromatic N) is 1. The van der Waals surface area contributed by atoms with Crippen molar-refractivity contribution in [3.05, 3.63) is 35.9 Å². The molecule has 0 aromatic heterocycles. The lowest BCUT2D eigenvalue weighted by atomic mass is 9.76. The van der Waals surface area contributed by atoms with E-state index in [0.29, 0.717) is 31.6 Å². The maximum atomic E-state index is 12.0. The summed E-state index contributed by atoms with van der Waals surface area (Å²) in [6.07, 6.45) is 1.06. The van der Waals surface area contributed by atoms with Gasteiger partial charge in [0.05, 0.1) is 32.1 Å². The maximum absolute atomic E-state index is 12.0. The predicted octanol–water partition coefficient (Wildman–Crippen LogP) is 3.13. The molecule has 0 fully saturated rings. The number of benzene rings is 1. The number of esters is 2. The summed E-state index contributed by atoms with van der Waals surface area (Å²) in [7, 11) is 0. The first-order valence-electron chi connectivity index (χ1n) is 7.86. The Bertz CT molecular complexity index is 526. The van der Waals surface area contributed by atoms with Crippen molar-refractivity contribution in [2.45, 2.75) is 44.9 Å². The van der Waals surface area contributed by atoms with Gasteiger partial charge in [0.15, 0.2) is 0 Å². The van der Waals surface area contributed by atoms with Crippen LogP contribution in [0.2, 0.25) is 0 Å². The van der Waals surface area contributed by atoms with Crippen molar-refractivity contribution in [2.75, 3.05) is 13.2 Å². The van der Waals surface area contributed by atoms with Crippen LogP contribution in [0.4, 0.5) is 0 Å². The summed E-state index contributed by atoms with van der Waals surface area (Å²) in [5, 5.41) is 9.71. The van der Waals surface area contributed by atoms with E-state index in [1.807, 2.05) is 19.9 Å². The number of rotatable bonds is 9. The summed E-state index contributed by atoms with van der Waals surface area (Å²) in [5.74, 6) is -0.971. The minimum Gasteiger partial charge on any atom is -0.466 e. The van der Waals surface area contributed by atoms with Crippen LogP contribution in [0.3, 0.4) is 0 Å². The van der Waals surface area contributed by atoms with Gasteiger partial charge < -0.3 is 9.47 Å². The zero-order valence-corrected chi connectivity index (χ0v) is 13.7. The molecule has 23 heavy (non-hydrogen) atoms. The largest absolute Gasteiger partial charge is 0.466 e. The number of carbonyl (C=O) groups is 2. The van der Waals surface area contributed by atoms with Gasteiger partial charge in [0, 0.05) is 0 Å². The lowest BCUT2D eigenvalue weighted by Gasteiger charge is -2.25. The van der Waals surface area contributed by atoms with E-state index in [1.165, 1.54) is 0 Å². The first-order chi connectivity index (χ1) is 11.1. The van der Waals surface area contributed by atoms with Gasteiger partial charge in [0.1, 0.15) is 5.41 Å². The highest BCUT2D eigenvalue weighted by Gasteiger charge is 2.38. The summed E-state index contributed by atoms with van der Waals surface area (Å²) >= 11 is 0. The number of carbonyl (C=O) groups excluding carboxylic acids is 2. The van der Waals surface area contributed by atoms with Crippen LogP contribution in [-0.4, -0.2) is 25.2 Å². The number of hydrogen-bond acceptors (Lipinski definition) is 5. The van der Waals surface area contributed by atoms with E-state index in [9.17, 15) is 14.9 Å². The molecule has 124 valence electrons. The van der Waals surface area contributed by atoms with Crippen LogP contribution >= 0.6 is 0 Å². The van der Waals surface area contributed by atoms with Crippen LogP contribution in [-0.2, 0) is 24.5 Å². The van der Waals surface area contributed by atoms with Crippen molar-refractivity contribution in [3.63, 3.8) is 0 Å². The van der Waals surface area contributed by atoms with Crippen LogP contribution in [0.1, 0.15) is 45.1 Å². The van der Waals surface area contributed by atoms with E-state index in [0.717, 1.165) is 0 Å². The molecule has 0 aliphatic carbocycles.